The van der Waals surface area contributed by atoms with Crippen LogP contribution in [0.1, 0.15) is 24.0 Å². The van der Waals surface area contributed by atoms with Gasteiger partial charge in [-0.05, 0) is 22.6 Å². The lowest BCUT2D eigenvalue weighted by Gasteiger charge is -2.40. The van der Waals surface area contributed by atoms with Crippen LogP contribution in [0.5, 0.6) is 0 Å². The van der Waals surface area contributed by atoms with Crippen LogP contribution in [0.4, 0.5) is 4.79 Å². The average Bonchev–Trinajstić information content (AvgIpc) is 3.35. The molecule has 1 amide bonds. The van der Waals surface area contributed by atoms with Crippen LogP contribution < -0.4 is 5.32 Å². The van der Waals surface area contributed by atoms with Gasteiger partial charge in [-0.2, -0.15) is 4.31 Å². The highest BCUT2D eigenvalue weighted by Crippen LogP contribution is 2.38. The molecule has 0 atom stereocenters. The standard InChI is InChI=1S/C23H24N2O4S2/c26-22(24-18-19-8-3-1-4-9-19)29-23(20-10-5-2-6-11-20)13-15-25(16-14-23)31(27,28)21-12-7-17-30-21/h1-12,17H,13-16,18H2,(H,24,26). The highest BCUT2D eigenvalue weighted by atomic mass is 32.2. The number of thiophene rings is 1. The van der Waals surface area contributed by atoms with E-state index in [4.69, 9.17) is 4.74 Å². The number of amides is 1. The molecule has 4 rings (SSSR count). The third kappa shape index (κ3) is 4.81. The Morgan fingerprint density at radius 3 is 2.23 bits per heavy atom. The summed E-state index contributed by atoms with van der Waals surface area (Å²) in [6.45, 7) is 0.922. The Bertz CT molecular complexity index is 1090. The molecule has 2 aromatic carbocycles. The Labute approximate surface area is 186 Å². The summed E-state index contributed by atoms with van der Waals surface area (Å²) >= 11 is 1.21. The van der Waals surface area contributed by atoms with Crippen molar-refractivity contribution < 1.29 is 17.9 Å². The summed E-state index contributed by atoms with van der Waals surface area (Å²) in [6, 6.07) is 22.5. The van der Waals surface area contributed by atoms with Gasteiger partial charge in [0.1, 0.15) is 9.81 Å². The van der Waals surface area contributed by atoms with Gasteiger partial charge in [0, 0.05) is 32.5 Å². The molecule has 6 nitrogen and oxygen atoms in total. The molecule has 8 heteroatoms. The Balaban J connectivity index is 1.49. The quantitative estimate of drug-likeness (QED) is 0.598. The van der Waals surface area contributed by atoms with E-state index in [2.05, 4.69) is 5.32 Å². The van der Waals surface area contributed by atoms with Crippen molar-refractivity contribution in [3.8, 4) is 0 Å². The van der Waals surface area contributed by atoms with Crippen LogP contribution in [0.2, 0.25) is 0 Å². The van der Waals surface area contributed by atoms with Crippen molar-refractivity contribution in [2.24, 2.45) is 0 Å². The van der Waals surface area contributed by atoms with Crippen molar-refractivity contribution in [2.75, 3.05) is 13.1 Å². The minimum atomic E-state index is -3.53. The van der Waals surface area contributed by atoms with Gasteiger partial charge in [0.25, 0.3) is 10.0 Å². The van der Waals surface area contributed by atoms with E-state index in [1.54, 1.807) is 17.5 Å². The van der Waals surface area contributed by atoms with Crippen LogP contribution >= 0.6 is 11.3 Å². The number of sulfonamides is 1. The molecular formula is C23H24N2O4S2. The number of piperidine rings is 1. The first kappa shape index (κ1) is 21.5. The summed E-state index contributed by atoms with van der Waals surface area (Å²) in [4.78, 5) is 12.7. The first-order valence-corrected chi connectivity index (χ1v) is 12.4. The van der Waals surface area contributed by atoms with E-state index < -0.39 is 21.7 Å². The van der Waals surface area contributed by atoms with Gasteiger partial charge in [-0.3, -0.25) is 0 Å². The number of nitrogens with zero attached hydrogens (tertiary/aromatic N) is 1. The molecule has 1 aromatic heterocycles. The number of benzene rings is 2. The average molecular weight is 457 g/mol. The van der Waals surface area contributed by atoms with Gasteiger partial charge in [-0.25, -0.2) is 13.2 Å². The summed E-state index contributed by atoms with van der Waals surface area (Å²) in [7, 11) is -3.53. The number of carbonyl (C=O) groups excluding carboxylic acids is 1. The molecular weight excluding hydrogens is 432 g/mol. The highest BCUT2D eigenvalue weighted by Gasteiger charge is 2.43. The normalized spacial score (nSPS) is 16.5. The van der Waals surface area contributed by atoms with Gasteiger partial charge in [0.05, 0.1) is 0 Å². The maximum Gasteiger partial charge on any atom is 0.408 e. The van der Waals surface area contributed by atoms with E-state index in [1.807, 2.05) is 60.7 Å². The number of nitrogens with one attached hydrogen (secondary N) is 1. The molecule has 31 heavy (non-hydrogen) atoms. The SMILES string of the molecule is O=C(NCc1ccccc1)OC1(c2ccccc2)CCN(S(=O)(=O)c2cccs2)CC1. The fourth-order valence-electron chi connectivity index (χ4n) is 3.80. The maximum absolute atomic E-state index is 12.9. The number of carbonyl (C=O) groups is 1. The zero-order valence-electron chi connectivity index (χ0n) is 16.9. The van der Waals surface area contributed by atoms with Crippen molar-refractivity contribution in [3.05, 3.63) is 89.3 Å². The second kappa shape index (κ2) is 9.21. The molecule has 0 radical (unpaired) electrons. The fraction of sp³-hybridized carbons (Fsp3) is 0.261. The first-order chi connectivity index (χ1) is 15.0. The lowest BCUT2D eigenvalue weighted by Crippen LogP contribution is -2.48. The summed E-state index contributed by atoms with van der Waals surface area (Å²) in [5.74, 6) is 0. The molecule has 1 fully saturated rings. The van der Waals surface area contributed by atoms with Gasteiger partial charge < -0.3 is 10.1 Å². The van der Waals surface area contributed by atoms with Crippen LogP contribution in [-0.2, 0) is 26.9 Å². The van der Waals surface area contributed by atoms with Crippen LogP contribution in [0.15, 0.2) is 82.4 Å². The molecule has 0 bridgehead atoms. The van der Waals surface area contributed by atoms with Crippen LogP contribution in [0.25, 0.3) is 0 Å². The summed E-state index contributed by atoms with van der Waals surface area (Å²) in [5.41, 5.74) is 0.979. The third-order valence-corrected chi connectivity index (χ3v) is 8.76. The minimum Gasteiger partial charge on any atom is -0.438 e. The predicted molar refractivity (Wildman–Crippen MR) is 120 cm³/mol. The second-order valence-electron chi connectivity index (χ2n) is 7.43. The van der Waals surface area contributed by atoms with E-state index >= 15 is 0 Å². The van der Waals surface area contributed by atoms with Gasteiger partial charge in [0.15, 0.2) is 0 Å². The zero-order chi connectivity index (χ0) is 21.7. The first-order valence-electron chi connectivity index (χ1n) is 10.1. The van der Waals surface area contributed by atoms with Crippen molar-refractivity contribution in [2.45, 2.75) is 29.2 Å². The predicted octanol–water partition coefficient (Wildman–Crippen LogP) is 4.35. The molecule has 2 heterocycles. The van der Waals surface area contributed by atoms with E-state index in [9.17, 15) is 13.2 Å². The summed E-state index contributed by atoms with van der Waals surface area (Å²) in [6.07, 6.45) is 0.267. The van der Waals surface area contributed by atoms with Crippen LogP contribution in [-0.4, -0.2) is 31.9 Å². The molecule has 0 saturated carbocycles. The minimum absolute atomic E-state index is 0.279. The Kier molecular flexibility index (Phi) is 6.41. The van der Waals surface area contributed by atoms with Crippen molar-refractivity contribution in [3.63, 3.8) is 0 Å². The molecule has 1 aliphatic rings. The maximum atomic E-state index is 12.9. The zero-order valence-corrected chi connectivity index (χ0v) is 18.6. The molecule has 1 aliphatic heterocycles. The number of ether oxygens (including phenoxy) is 1. The Morgan fingerprint density at radius 2 is 1.61 bits per heavy atom. The van der Waals surface area contributed by atoms with Gasteiger partial charge >= 0.3 is 6.09 Å². The monoisotopic (exact) mass is 456 g/mol. The molecule has 1 saturated heterocycles. The highest BCUT2D eigenvalue weighted by molar-refractivity contribution is 7.91. The van der Waals surface area contributed by atoms with Crippen molar-refractivity contribution >= 4 is 27.5 Å². The number of rotatable bonds is 6. The largest absolute Gasteiger partial charge is 0.438 e. The van der Waals surface area contributed by atoms with Crippen LogP contribution in [0.3, 0.4) is 0 Å². The van der Waals surface area contributed by atoms with Crippen molar-refractivity contribution in [1.82, 2.24) is 9.62 Å². The second-order valence-corrected chi connectivity index (χ2v) is 10.5. The number of hydrogen-bond acceptors (Lipinski definition) is 5. The molecule has 3 aromatic rings. The van der Waals surface area contributed by atoms with Crippen LogP contribution in [0, 0.1) is 0 Å². The molecule has 1 N–H and O–H groups in total. The Hall–Kier alpha value is -2.68. The lowest BCUT2D eigenvalue weighted by molar-refractivity contribution is -0.0279. The van der Waals surface area contributed by atoms with E-state index in [0.717, 1.165) is 11.1 Å². The smallest absolute Gasteiger partial charge is 0.408 e. The lowest BCUT2D eigenvalue weighted by atomic mass is 9.85. The van der Waals surface area contributed by atoms with Crippen molar-refractivity contribution in [1.29, 1.82) is 0 Å². The summed E-state index contributed by atoms with van der Waals surface area (Å²) in [5, 5.41) is 4.57. The Morgan fingerprint density at radius 1 is 0.968 bits per heavy atom. The van der Waals surface area contributed by atoms with Gasteiger partial charge in [-0.15, -0.1) is 11.3 Å². The van der Waals surface area contributed by atoms with Gasteiger partial charge in [0.2, 0.25) is 0 Å². The molecule has 0 spiro atoms. The fourth-order valence-corrected chi connectivity index (χ4v) is 6.39. The molecule has 0 unspecified atom stereocenters. The number of alkyl carbamates (subject to hydrolysis) is 1. The topological polar surface area (TPSA) is 75.7 Å². The molecule has 0 aliphatic carbocycles. The molecule has 162 valence electrons. The van der Waals surface area contributed by atoms with E-state index in [1.165, 1.54) is 15.6 Å². The van der Waals surface area contributed by atoms with E-state index in [-0.39, 0.29) is 13.1 Å². The van der Waals surface area contributed by atoms with Gasteiger partial charge in [-0.1, -0.05) is 66.7 Å². The summed E-state index contributed by atoms with van der Waals surface area (Å²) < 4.78 is 33.6. The van der Waals surface area contributed by atoms with E-state index in [0.29, 0.717) is 23.6 Å². The number of hydrogen-bond donors (Lipinski definition) is 1. The third-order valence-electron chi connectivity index (χ3n) is 5.49.